The van der Waals surface area contributed by atoms with Crippen molar-refractivity contribution in [3.05, 3.63) is 28.8 Å². The molecule has 1 aliphatic rings. The summed E-state index contributed by atoms with van der Waals surface area (Å²) < 4.78 is 10.5. The minimum atomic E-state index is 0.655. The normalized spacial score (nSPS) is 16.5. The average molecular weight is 316 g/mol. The lowest BCUT2D eigenvalue weighted by atomic mass is 10.2. The summed E-state index contributed by atoms with van der Waals surface area (Å²) >= 11 is 8.07. The first kappa shape index (κ1) is 16.1. The molecule has 2 rings (SSSR count). The lowest BCUT2D eigenvalue weighted by Gasteiger charge is -2.22. The molecule has 0 saturated carbocycles. The van der Waals surface area contributed by atoms with E-state index in [-0.39, 0.29) is 0 Å². The summed E-state index contributed by atoms with van der Waals surface area (Å²) in [5.41, 5.74) is 1.27. The van der Waals surface area contributed by atoms with Crippen LogP contribution in [0, 0.1) is 0 Å². The van der Waals surface area contributed by atoms with E-state index in [2.05, 4.69) is 17.4 Å². The Bertz CT molecular complexity index is 411. The molecule has 20 heavy (non-hydrogen) atoms. The molecule has 1 saturated heterocycles. The number of rotatable bonds is 7. The van der Waals surface area contributed by atoms with Crippen molar-refractivity contribution in [1.82, 2.24) is 5.32 Å². The summed E-state index contributed by atoms with van der Waals surface area (Å²) in [7, 11) is 1.72. The highest BCUT2D eigenvalue weighted by atomic mass is 35.5. The highest BCUT2D eigenvalue weighted by molar-refractivity contribution is 8.00. The number of ether oxygens (including phenoxy) is 2. The molecule has 5 heteroatoms. The van der Waals surface area contributed by atoms with Crippen LogP contribution in [0.1, 0.15) is 18.4 Å². The van der Waals surface area contributed by atoms with Gasteiger partial charge in [-0.25, -0.2) is 0 Å². The summed E-state index contributed by atoms with van der Waals surface area (Å²) in [6.07, 6.45) is 2.26. The summed E-state index contributed by atoms with van der Waals surface area (Å²) in [6.45, 7) is 4.17. The molecule has 0 atom stereocenters. The second-order valence-electron chi connectivity index (χ2n) is 4.85. The highest BCUT2D eigenvalue weighted by Crippen LogP contribution is 2.33. The van der Waals surface area contributed by atoms with Crippen molar-refractivity contribution in [2.24, 2.45) is 0 Å². The third kappa shape index (κ3) is 5.26. The molecule has 0 amide bonds. The molecule has 0 radical (unpaired) electrons. The van der Waals surface area contributed by atoms with Crippen molar-refractivity contribution < 1.29 is 9.47 Å². The maximum Gasteiger partial charge on any atom is 0.0587 e. The van der Waals surface area contributed by atoms with E-state index >= 15 is 0 Å². The van der Waals surface area contributed by atoms with E-state index in [4.69, 9.17) is 21.1 Å². The van der Waals surface area contributed by atoms with Gasteiger partial charge in [-0.2, -0.15) is 0 Å². The van der Waals surface area contributed by atoms with Gasteiger partial charge >= 0.3 is 0 Å². The standard InChI is InChI=1S/C15H22ClNO2S/c1-18-9-6-17-11-12-10-13(16)2-3-15(12)20-14-4-7-19-8-5-14/h2-3,10,14,17H,4-9,11H2,1H3. The van der Waals surface area contributed by atoms with Crippen LogP contribution in [0.25, 0.3) is 0 Å². The van der Waals surface area contributed by atoms with Gasteiger partial charge in [0.15, 0.2) is 0 Å². The van der Waals surface area contributed by atoms with Crippen LogP contribution in [0.2, 0.25) is 5.02 Å². The van der Waals surface area contributed by atoms with Crippen molar-refractivity contribution in [1.29, 1.82) is 0 Å². The third-order valence-electron chi connectivity index (χ3n) is 3.28. The van der Waals surface area contributed by atoms with Crippen molar-refractivity contribution in [2.75, 3.05) is 33.5 Å². The van der Waals surface area contributed by atoms with Gasteiger partial charge in [-0.05, 0) is 36.6 Å². The highest BCUT2D eigenvalue weighted by Gasteiger charge is 2.16. The Morgan fingerprint density at radius 3 is 2.95 bits per heavy atom. The van der Waals surface area contributed by atoms with E-state index in [9.17, 15) is 0 Å². The maximum absolute atomic E-state index is 6.12. The molecule has 1 aliphatic heterocycles. The number of nitrogens with one attached hydrogen (secondary N) is 1. The summed E-state index contributed by atoms with van der Waals surface area (Å²) in [5.74, 6) is 0. The van der Waals surface area contributed by atoms with Crippen molar-refractivity contribution in [3.8, 4) is 0 Å². The molecule has 1 aromatic carbocycles. The van der Waals surface area contributed by atoms with Gasteiger partial charge in [0, 0.05) is 48.6 Å². The summed E-state index contributed by atoms with van der Waals surface area (Å²) in [6, 6.07) is 6.17. The maximum atomic E-state index is 6.12. The predicted molar refractivity (Wildman–Crippen MR) is 84.7 cm³/mol. The lowest BCUT2D eigenvalue weighted by molar-refractivity contribution is 0.1000. The molecule has 3 nitrogen and oxygen atoms in total. The number of hydrogen-bond acceptors (Lipinski definition) is 4. The number of thioether (sulfide) groups is 1. The monoisotopic (exact) mass is 315 g/mol. The zero-order valence-corrected chi connectivity index (χ0v) is 13.4. The lowest BCUT2D eigenvalue weighted by Crippen LogP contribution is -2.20. The second-order valence-corrected chi connectivity index (χ2v) is 6.63. The topological polar surface area (TPSA) is 30.5 Å². The largest absolute Gasteiger partial charge is 0.383 e. The average Bonchev–Trinajstić information content (AvgIpc) is 2.47. The Morgan fingerprint density at radius 2 is 2.20 bits per heavy atom. The van der Waals surface area contributed by atoms with E-state index in [0.29, 0.717) is 5.25 Å². The fourth-order valence-corrected chi connectivity index (χ4v) is 3.58. The van der Waals surface area contributed by atoms with Gasteiger partial charge in [-0.3, -0.25) is 0 Å². The fraction of sp³-hybridized carbons (Fsp3) is 0.600. The molecule has 1 aromatic rings. The van der Waals surface area contributed by atoms with Gasteiger partial charge in [0.25, 0.3) is 0 Å². The van der Waals surface area contributed by atoms with Gasteiger partial charge in [0.05, 0.1) is 6.61 Å². The minimum Gasteiger partial charge on any atom is -0.383 e. The first-order chi connectivity index (χ1) is 9.79. The number of halogens is 1. The van der Waals surface area contributed by atoms with Gasteiger partial charge in [0.2, 0.25) is 0 Å². The first-order valence-electron chi connectivity index (χ1n) is 7.02. The molecule has 0 bridgehead atoms. The Balaban J connectivity index is 1.95. The van der Waals surface area contributed by atoms with Crippen molar-refractivity contribution in [3.63, 3.8) is 0 Å². The van der Waals surface area contributed by atoms with Gasteiger partial charge in [-0.1, -0.05) is 11.6 Å². The van der Waals surface area contributed by atoms with E-state index in [0.717, 1.165) is 50.8 Å². The van der Waals surface area contributed by atoms with Crippen LogP contribution in [0.15, 0.2) is 23.1 Å². The number of benzene rings is 1. The van der Waals surface area contributed by atoms with Crippen molar-refractivity contribution in [2.45, 2.75) is 29.5 Å². The SMILES string of the molecule is COCCNCc1cc(Cl)ccc1SC1CCOCC1. The van der Waals surface area contributed by atoms with Crippen LogP contribution < -0.4 is 5.32 Å². The van der Waals surface area contributed by atoms with Gasteiger partial charge in [0.1, 0.15) is 0 Å². The van der Waals surface area contributed by atoms with Crippen LogP contribution in [0.5, 0.6) is 0 Å². The molecule has 1 N–H and O–H groups in total. The molecule has 1 heterocycles. The van der Waals surface area contributed by atoms with E-state index < -0.39 is 0 Å². The Hall–Kier alpha value is -0.260. The third-order valence-corrected chi connectivity index (χ3v) is 4.97. The molecule has 0 aromatic heterocycles. The van der Waals surface area contributed by atoms with Crippen LogP contribution >= 0.6 is 23.4 Å². The molecular formula is C15H22ClNO2S. The quantitative estimate of drug-likeness (QED) is 0.782. The van der Waals surface area contributed by atoms with E-state index in [1.165, 1.54) is 10.5 Å². The molecule has 112 valence electrons. The predicted octanol–water partition coefficient (Wildman–Crippen LogP) is 3.35. The molecule has 1 fully saturated rings. The van der Waals surface area contributed by atoms with Crippen LogP contribution in [-0.2, 0) is 16.0 Å². The van der Waals surface area contributed by atoms with E-state index in [1.807, 2.05) is 17.8 Å². The smallest absolute Gasteiger partial charge is 0.0587 e. The zero-order valence-electron chi connectivity index (χ0n) is 11.9. The summed E-state index contributed by atoms with van der Waals surface area (Å²) in [4.78, 5) is 1.33. The van der Waals surface area contributed by atoms with Crippen molar-refractivity contribution >= 4 is 23.4 Å². The van der Waals surface area contributed by atoms with Crippen LogP contribution in [-0.4, -0.2) is 38.7 Å². The van der Waals surface area contributed by atoms with Gasteiger partial charge < -0.3 is 14.8 Å². The first-order valence-corrected chi connectivity index (χ1v) is 8.28. The Labute approximate surface area is 130 Å². The molecule has 0 spiro atoms. The van der Waals surface area contributed by atoms with E-state index in [1.54, 1.807) is 7.11 Å². The zero-order chi connectivity index (χ0) is 14.2. The number of hydrogen-bond donors (Lipinski definition) is 1. The summed E-state index contributed by atoms with van der Waals surface area (Å²) in [5, 5.41) is 4.84. The Morgan fingerprint density at radius 1 is 1.40 bits per heavy atom. The second kappa shape index (κ2) is 8.90. The minimum absolute atomic E-state index is 0.655. The molecular weight excluding hydrogens is 294 g/mol. The molecule has 0 aliphatic carbocycles. The van der Waals surface area contributed by atoms with Gasteiger partial charge in [-0.15, -0.1) is 11.8 Å². The fourth-order valence-electron chi connectivity index (χ4n) is 2.17. The van der Waals surface area contributed by atoms with Crippen LogP contribution in [0.3, 0.4) is 0 Å². The number of methoxy groups -OCH3 is 1. The molecule has 0 unspecified atom stereocenters. The Kier molecular flexibility index (Phi) is 7.17. The van der Waals surface area contributed by atoms with Crippen LogP contribution in [0.4, 0.5) is 0 Å².